The Morgan fingerprint density at radius 3 is 2.76 bits per heavy atom. The van der Waals surface area contributed by atoms with Crippen molar-refractivity contribution in [1.82, 2.24) is 4.90 Å². The van der Waals surface area contributed by atoms with E-state index < -0.39 is 23.2 Å². The van der Waals surface area contributed by atoms with Crippen molar-refractivity contribution in [2.45, 2.75) is 18.4 Å². The molecule has 7 heteroatoms. The summed E-state index contributed by atoms with van der Waals surface area (Å²) in [6.07, 6.45) is 0.611. The van der Waals surface area contributed by atoms with E-state index in [1.807, 2.05) is 0 Å². The molecule has 0 saturated carbocycles. The van der Waals surface area contributed by atoms with Crippen molar-refractivity contribution in [3.8, 4) is 5.75 Å². The van der Waals surface area contributed by atoms with E-state index in [4.69, 9.17) is 10.5 Å². The minimum atomic E-state index is -1.75. The molecule has 0 unspecified atom stereocenters. The molecule has 1 aromatic carbocycles. The smallest absolute Gasteiger partial charge is 0.256 e. The molecule has 3 N–H and O–H groups in total. The van der Waals surface area contributed by atoms with Crippen molar-refractivity contribution in [2.24, 2.45) is 5.73 Å². The molecule has 0 spiro atoms. The maximum atomic E-state index is 13.9. The molecule has 1 saturated heterocycles. The van der Waals surface area contributed by atoms with Crippen molar-refractivity contribution in [3.63, 3.8) is 0 Å². The molecule has 1 fully saturated rings. The van der Waals surface area contributed by atoms with Crippen LogP contribution in [0.15, 0.2) is 18.2 Å². The molecule has 114 valence electrons. The van der Waals surface area contributed by atoms with E-state index in [1.165, 1.54) is 24.1 Å². The summed E-state index contributed by atoms with van der Waals surface area (Å²) in [5, 5.41) is 10.1. The van der Waals surface area contributed by atoms with Gasteiger partial charge in [0.2, 0.25) is 0 Å². The molecule has 0 bridgehead atoms. The van der Waals surface area contributed by atoms with Gasteiger partial charge in [0.15, 0.2) is 5.60 Å². The van der Waals surface area contributed by atoms with Gasteiger partial charge in [-0.15, -0.1) is 0 Å². The average Bonchev–Trinajstić information content (AvgIpc) is 2.46. The normalized spacial score (nSPS) is 22.0. The highest BCUT2D eigenvalue weighted by molar-refractivity contribution is 5.95. The number of methoxy groups -OCH3 is 1. The first kappa shape index (κ1) is 15.2. The molecule has 1 aliphatic heterocycles. The number of β-amino-alcohol motifs (C(OH)–C–C–N with tert-alkyl or cyclic N) is 1. The summed E-state index contributed by atoms with van der Waals surface area (Å²) in [4.78, 5) is 24.8. The van der Waals surface area contributed by atoms with Crippen LogP contribution in [0, 0.1) is 5.82 Å². The largest absolute Gasteiger partial charge is 0.497 e. The molecule has 0 radical (unpaired) electrons. The minimum absolute atomic E-state index is 0.135. The van der Waals surface area contributed by atoms with E-state index >= 15 is 0 Å². The van der Waals surface area contributed by atoms with Gasteiger partial charge >= 0.3 is 0 Å². The quantitative estimate of drug-likeness (QED) is 0.838. The number of hydrogen-bond acceptors (Lipinski definition) is 4. The lowest BCUT2D eigenvalue weighted by Gasteiger charge is -2.37. The third kappa shape index (κ3) is 2.97. The van der Waals surface area contributed by atoms with Gasteiger partial charge in [0, 0.05) is 12.6 Å². The van der Waals surface area contributed by atoms with E-state index in [0.29, 0.717) is 18.7 Å². The summed E-state index contributed by atoms with van der Waals surface area (Å²) in [5.74, 6) is -1.88. The number of benzene rings is 1. The van der Waals surface area contributed by atoms with Gasteiger partial charge in [0.05, 0.1) is 19.2 Å². The van der Waals surface area contributed by atoms with Crippen molar-refractivity contribution >= 4 is 11.8 Å². The fourth-order valence-electron chi connectivity index (χ4n) is 2.38. The van der Waals surface area contributed by atoms with Crippen molar-refractivity contribution in [3.05, 3.63) is 29.6 Å². The highest BCUT2D eigenvalue weighted by Crippen LogP contribution is 2.24. The number of likely N-dealkylation sites (tertiary alicyclic amines) is 1. The Hall–Kier alpha value is -2.15. The van der Waals surface area contributed by atoms with Crippen LogP contribution in [0.25, 0.3) is 0 Å². The molecule has 2 amide bonds. The van der Waals surface area contributed by atoms with E-state index in [-0.39, 0.29) is 18.5 Å². The summed E-state index contributed by atoms with van der Waals surface area (Å²) in [5.41, 5.74) is 3.26. The van der Waals surface area contributed by atoms with Gasteiger partial charge in [-0.25, -0.2) is 4.39 Å². The molecule has 21 heavy (non-hydrogen) atoms. The number of nitrogens with zero attached hydrogens (tertiary/aromatic N) is 1. The molecule has 0 aromatic heterocycles. The Bertz CT molecular complexity index is 578. The van der Waals surface area contributed by atoms with Crippen LogP contribution in [0.2, 0.25) is 0 Å². The summed E-state index contributed by atoms with van der Waals surface area (Å²) < 4.78 is 18.8. The number of hydrogen-bond donors (Lipinski definition) is 2. The van der Waals surface area contributed by atoms with Crippen LogP contribution < -0.4 is 10.5 Å². The third-order valence-corrected chi connectivity index (χ3v) is 3.62. The standard InChI is InChI=1S/C14H17FN2O4/c1-21-9-3-4-10(11(15)7-9)12(18)17-6-2-5-14(20,8-17)13(16)19/h3-4,7,20H,2,5-6,8H2,1H3,(H2,16,19)/t14-/m0/s1. The lowest BCUT2D eigenvalue weighted by molar-refractivity contribution is -0.140. The first-order valence-corrected chi connectivity index (χ1v) is 6.52. The van der Waals surface area contributed by atoms with Crippen molar-refractivity contribution < 1.29 is 23.8 Å². The number of halogens is 1. The number of rotatable bonds is 3. The van der Waals surface area contributed by atoms with Crippen molar-refractivity contribution in [1.29, 1.82) is 0 Å². The van der Waals surface area contributed by atoms with Crippen LogP contribution in [-0.2, 0) is 4.79 Å². The van der Waals surface area contributed by atoms with Gasteiger partial charge in [0.1, 0.15) is 11.6 Å². The zero-order valence-corrected chi connectivity index (χ0v) is 11.6. The van der Waals surface area contributed by atoms with Gasteiger partial charge in [-0.2, -0.15) is 0 Å². The van der Waals surface area contributed by atoms with E-state index in [2.05, 4.69) is 0 Å². The molecule has 1 atom stereocenters. The summed E-state index contributed by atoms with van der Waals surface area (Å²) in [7, 11) is 1.40. The fourth-order valence-corrected chi connectivity index (χ4v) is 2.38. The second-order valence-corrected chi connectivity index (χ2v) is 5.07. The lowest BCUT2D eigenvalue weighted by Crippen LogP contribution is -2.57. The topological polar surface area (TPSA) is 92.9 Å². The minimum Gasteiger partial charge on any atom is -0.497 e. The number of piperidine rings is 1. The van der Waals surface area contributed by atoms with Gasteiger partial charge in [-0.1, -0.05) is 0 Å². The number of carbonyl (C=O) groups is 2. The van der Waals surface area contributed by atoms with Crippen LogP contribution in [0.1, 0.15) is 23.2 Å². The molecule has 1 aliphatic rings. The van der Waals surface area contributed by atoms with Crippen LogP contribution in [0.3, 0.4) is 0 Å². The van der Waals surface area contributed by atoms with Gasteiger partial charge in [-0.3, -0.25) is 9.59 Å². The predicted octanol–water partition coefficient (Wildman–Crippen LogP) is 0.287. The van der Waals surface area contributed by atoms with Crippen molar-refractivity contribution in [2.75, 3.05) is 20.2 Å². The van der Waals surface area contributed by atoms with Gasteiger partial charge in [0.25, 0.3) is 11.8 Å². The molecule has 2 rings (SSSR count). The zero-order valence-electron chi connectivity index (χ0n) is 11.6. The zero-order chi connectivity index (χ0) is 15.6. The maximum absolute atomic E-state index is 13.9. The maximum Gasteiger partial charge on any atom is 0.256 e. The van der Waals surface area contributed by atoms with Crippen LogP contribution in [-0.4, -0.2) is 47.6 Å². The van der Waals surface area contributed by atoms with E-state index in [0.717, 1.165) is 6.07 Å². The molecule has 0 aliphatic carbocycles. The first-order chi connectivity index (χ1) is 9.87. The highest BCUT2D eigenvalue weighted by atomic mass is 19.1. The highest BCUT2D eigenvalue weighted by Gasteiger charge is 2.40. The Morgan fingerprint density at radius 1 is 1.48 bits per heavy atom. The summed E-state index contributed by atoms with van der Waals surface area (Å²) in [6.45, 7) is 0.104. The number of amides is 2. The predicted molar refractivity (Wildman–Crippen MR) is 72.2 cm³/mol. The Morgan fingerprint density at radius 2 is 2.19 bits per heavy atom. The number of aliphatic hydroxyl groups is 1. The number of carbonyl (C=O) groups excluding carboxylic acids is 2. The Labute approximate surface area is 121 Å². The lowest BCUT2D eigenvalue weighted by atomic mass is 9.92. The molecule has 6 nitrogen and oxygen atoms in total. The summed E-state index contributed by atoms with van der Waals surface area (Å²) >= 11 is 0. The second-order valence-electron chi connectivity index (χ2n) is 5.07. The van der Waals surface area contributed by atoms with Crippen LogP contribution >= 0.6 is 0 Å². The van der Waals surface area contributed by atoms with Crippen LogP contribution in [0.4, 0.5) is 4.39 Å². The molecular formula is C14H17FN2O4. The van der Waals surface area contributed by atoms with Gasteiger partial charge in [-0.05, 0) is 25.0 Å². The Balaban J connectivity index is 2.22. The SMILES string of the molecule is COc1ccc(C(=O)N2CCC[C@@](O)(C(N)=O)C2)c(F)c1. The van der Waals surface area contributed by atoms with E-state index in [1.54, 1.807) is 0 Å². The number of nitrogens with two attached hydrogens (primary N) is 1. The number of ether oxygens (including phenoxy) is 1. The monoisotopic (exact) mass is 296 g/mol. The number of primary amides is 1. The molecular weight excluding hydrogens is 279 g/mol. The third-order valence-electron chi connectivity index (χ3n) is 3.62. The second kappa shape index (κ2) is 5.69. The Kier molecular flexibility index (Phi) is 4.13. The first-order valence-electron chi connectivity index (χ1n) is 6.52. The van der Waals surface area contributed by atoms with Crippen LogP contribution in [0.5, 0.6) is 5.75 Å². The average molecular weight is 296 g/mol. The van der Waals surface area contributed by atoms with E-state index in [9.17, 15) is 19.1 Å². The van der Waals surface area contributed by atoms with Gasteiger partial charge < -0.3 is 20.5 Å². The fraction of sp³-hybridized carbons (Fsp3) is 0.429. The summed E-state index contributed by atoms with van der Waals surface area (Å²) in [6, 6.07) is 3.90. The molecule has 1 heterocycles. The molecule has 1 aromatic rings.